The third kappa shape index (κ3) is 2.99. The predicted molar refractivity (Wildman–Crippen MR) is 64.3 cm³/mol. The Bertz CT molecular complexity index is 416. The molecule has 18 heavy (non-hydrogen) atoms. The second-order valence-electron chi connectivity index (χ2n) is 4.38. The Labute approximate surface area is 108 Å². The number of hydrogen-bond donors (Lipinski definition) is 0. The van der Waals surface area contributed by atoms with Gasteiger partial charge in [-0.2, -0.15) is 8.78 Å². The number of halogens is 3. The predicted octanol–water partition coefficient (Wildman–Crippen LogP) is 3.43. The van der Waals surface area contributed by atoms with Gasteiger partial charge >= 0.3 is 6.11 Å². The first-order chi connectivity index (χ1) is 8.53. The molecule has 1 heterocycles. The van der Waals surface area contributed by atoms with E-state index >= 15 is 0 Å². The smallest absolute Gasteiger partial charge is 0.305 e. The van der Waals surface area contributed by atoms with Crippen molar-refractivity contribution in [1.82, 2.24) is 4.90 Å². The highest BCUT2D eigenvalue weighted by Crippen LogP contribution is 2.39. The minimum absolute atomic E-state index is 0.256. The van der Waals surface area contributed by atoms with Crippen LogP contribution in [0.15, 0.2) is 29.2 Å². The van der Waals surface area contributed by atoms with Crippen LogP contribution >= 0.6 is 11.8 Å². The van der Waals surface area contributed by atoms with Gasteiger partial charge in [0.2, 0.25) is 0 Å². The molecule has 0 spiro atoms. The number of alkyl halides is 2. The van der Waals surface area contributed by atoms with Crippen LogP contribution in [0.4, 0.5) is 13.3 Å². The summed E-state index contributed by atoms with van der Waals surface area (Å²) in [5.74, 6) is 0. The first kappa shape index (κ1) is 13.7. The Hall–Kier alpha value is -0.720. The fourth-order valence-corrected chi connectivity index (χ4v) is 3.40. The Morgan fingerprint density at radius 3 is 2.72 bits per heavy atom. The summed E-state index contributed by atoms with van der Waals surface area (Å²) in [4.78, 5) is 5.31. The minimum Gasteiger partial charge on any atom is -0.305 e. The van der Waals surface area contributed by atoms with Crippen LogP contribution in [0, 0.1) is 0 Å². The molecule has 1 aliphatic rings. The molecule has 1 aromatic rings. The molecule has 1 saturated heterocycles. The van der Waals surface area contributed by atoms with Crippen molar-refractivity contribution in [2.75, 3.05) is 20.1 Å². The molecule has 1 unspecified atom stereocenters. The molecule has 0 bridgehead atoms. The molecule has 100 valence electrons. The standard InChI is InChI=1S/C12H14F3NOS/c1-16-7-6-9(8-16)18-11-5-3-2-4-10(11)12(13,14)17-15/h2-5,9H,6-8H2,1H3. The van der Waals surface area contributed by atoms with Crippen molar-refractivity contribution in [1.29, 1.82) is 0 Å². The lowest BCUT2D eigenvalue weighted by atomic mass is 10.2. The molecule has 0 N–H and O–H groups in total. The van der Waals surface area contributed by atoms with E-state index in [4.69, 9.17) is 0 Å². The largest absolute Gasteiger partial charge is 0.414 e. The van der Waals surface area contributed by atoms with Crippen LogP contribution < -0.4 is 0 Å². The molecule has 1 atom stereocenters. The maximum absolute atomic E-state index is 13.3. The summed E-state index contributed by atoms with van der Waals surface area (Å²) in [6, 6.07) is 5.89. The van der Waals surface area contributed by atoms with Crippen molar-refractivity contribution in [3.05, 3.63) is 29.8 Å². The molecular formula is C12H14F3NOS. The first-order valence-corrected chi connectivity index (χ1v) is 6.53. The molecule has 0 amide bonds. The third-order valence-corrected chi connectivity index (χ3v) is 4.27. The first-order valence-electron chi connectivity index (χ1n) is 5.65. The summed E-state index contributed by atoms with van der Waals surface area (Å²) in [6.07, 6.45) is -2.94. The maximum atomic E-state index is 13.3. The van der Waals surface area contributed by atoms with Gasteiger partial charge in [-0.05, 0) is 36.7 Å². The molecule has 1 aromatic carbocycles. The summed E-state index contributed by atoms with van der Waals surface area (Å²) < 4.78 is 38.5. The molecule has 0 aliphatic carbocycles. The van der Waals surface area contributed by atoms with Crippen LogP contribution in [0.2, 0.25) is 0 Å². The fraction of sp³-hybridized carbons (Fsp3) is 0.500. The van der Waals surface area contributed by atoms with Crippen molar-refractivity contribution in [2.45, 2.75) is 22.7 Å². The van der Waals surface area contributed by atoms with E-state index in [2.05, 4.69) is 9.84 Å². The van der Waals surface area contributed by atoms with Gasteiger partial charge in [-0.25, -0.2) is 0 Å². The molecule has 1 aliphatic heterocycles. The quantitative estimate of drug-likeness (QED) is 0.836. The highest BCUT2D eigenvalue weighted by Gasteiger charge is 2.37. The van der Waals surface area contributed by atoms with Gasteiger partial charge in [-0.3, -0.25) is 0 Å². The van der Waals surface area contributed by atoms with Gasteiger partial charge in [0.1, 0.15) is 0 Å². The van der Waals surface area contributed by atoms with Crippen LogP contribution in [0.25, 0.3) is 0 Å². The lowest BCUT2D eigenvalue weighted by Crippen LogP contribution is -2.17. The molecule has 2 rings (SSSR count). The summed E-state index contributed by atoms with van der Waals surface area (Å²) in [6.45, 7) is 1.80. The van der Waals surface area contributed by atoms with E-state index in [-0.39, 0.29) is 5.25 Å². The zero-order valence-electron chi connectivity index (χ0n) is 9.91. The highest BCUT2D eigenvalue weighted by atomic mass is 32.2. The fourth-order valence-electron chi connectivity index (χ4n) is 2.02. The second-order valence-corrected chi connectivity index (χ2v) is 5.72. The second kappa shape index (κ2) is 5.50. The van der Waals surface area contributed by atoms with Crippen LogP contribution in [0.5, 0.6) is 0 Å². The van der Waals surface area contributed by atoms with Gasteiger partial charge in [0.15, 0.2) is 0 Å². The van der Waals surface area contributed by atoms with E-state index in [1.807, 2.05) is 7.05 Å². The summed E-state index contributed by atoms with van der Waals surface area (Å²) in [5.41, 5.74) is -0.410. The maximum Gasteiger partial charge on any atom is 0.414 e. The molecular weight excluding hydrogens is 263 g/mol. The SMILES string of the molecule is CN1CCC(Sc2ccccc2C(F)(F)OF)C1. The van der Waals surface area contributed by atoms with Crippen molar-refractivity contribution in [2.24, 2.45) is 0 Å². The Balaban J connectivity index is 2.17. The van der Waals surface area contributed by atoms with Crippen molar-refractivity contribution >= 4 is 11.8 Å². The van der Waals surface area contributed by atoms with Crippen LogP contribution in [-0.4, -0.2) is 30.3 Å². The van der Waals surface area contributed by atoms with Gasteiger partial charge in [-0.1, -0.05) is 12.1 Å². The molecule has 2 nitrogen and oxygen atoms in total. The van der Waals surface area contributed by atoms with E-state index < -0.39 is 11.7 Å². The summed E-state index contributed by atoms with van der Waals surface area (Å²) in [5, 5.41) is 0.256. The number of hydrogen-bond acceptors (Lipinski definition) is 3. The van der Waals surface area contributed by atoms with Crippen LogP contribution in [-0.2, 0) is 11.1 Å². The monoisotopic (exact) mass is 277 g/mol. The summed E-state index contributed by atoms with van der Waals surface area (Å²) >= 11 is 1.36. The topological polar surface area (TPSA) is 12.5 Å². The van der Waals surface area contributed by atoms with E-state index in [9.17, 15) is 13.3 Å². The number of thioether (sulfide) groups is 1. The average Bonchev–Trinajstić information content (AvgIpc) is 2.75. The molecule has 0 radical (unpaired) electrons. The lowest BCUT2D eigenvalue weighted by Gasteiger charge is -2.17. The Morgan fingerprint density at radius 2 is 2.11 bits per heavy atom. The molecule has 0 aromatic heterocycles. The number of nitrogens with zero attached hydrogens (tertiary/aromatic N) is 1. The van der Waals surface area contributed by atoms with Gasteiger partial charge in [-0.15, -0.1) is 16.7 Å². The molecule has 1 fully saturated rings. The van der Waals surface area contributed by atoms with E-state index in [1.165, 1.54) is 23.9 Å². The normalized spacial score (nSPS) is 21.4. The van der Waals surface area contributed by atoms with Gasteiger partial charge in [0.25, 0.3) is 0 Å². The number of rotatable bonds is 4. The van der Waals surface area contributed by atoms with Crippen LogP contribution in [0.3, 0.4) is 0 Å². The Kier molecular flexibility index (Phi) is 4.19. The van der Waals surface area contributed by atoms with E-state index in [0.717, 1.165) is 19.5 Å². The third-order valence-electron chi connectivity index (χ3n) is 2.94. The van der Waals surface area contributed by atoms with E-state index in [1.54, 1.807) is 12.1 Å². The number of likely N-dealkylation sites (tertiary alicyclic amines) is 1. The zero-order valence-corrected chi connectivity index (χ0v) is 10.7. The summed E-state index contributed by atoms with van der Waals surface area (Å²) in [7, 11) is 1.99. The minimum atomic E-state index is -3.88. The van der Waals surface area contributed by atoms with Crippen molar-refractivity contribution in [3.8, 4) is 0 Å². The van der Waals surface area contributed by atoms with Gasteiger partial charge < -0.3 is 4.90 Å². The van der Waals surface area contributed by atoms with Gasteiger partial charge in [0.05, 0.1) is 5.56 Å². The van der Waals surface area contributed by atoms with Gasteiger partial charge in [0, 0.05) is 16.7 Å². The highest BCUT2D eigenvalue weighted by molar-refractivity contribution is 8.00. The van der Waals surface area contributed by atoms with Crippen LogP contribution in [0.1, 0.15) is 12.0 Å². The van der Waals surface area contributed by atoms with Crippen molar-refractivity contribution < 1.29 is 18.2 Å². The average molecular weight is 277 g/mol. The number of benzene rings is 1. The molecule has 6 heteroatoms. The zero-order chi connectivity index (χ0) is 13.2. The van der Waals surface area contributed by atoms with E-state index in [0.29, 0.717) is 4.90 Å². The Morgan fingerprint density at radius 1 is 1.39 bits per heavy atom. The lowest BCUT2D eigenvalue weighted by molar-refractivity contribution is -0.365. The molecule has 0 saturated carbocycles. The van der Waals surface area contributed by atoms with Crippen molar-refractivity contribution in [3.63, 3.8) is 0 Å².